The topological polar surface area (TPSA) is 0 Å². The molecule has 0 heterocycles. The molecular weight excluding hydrogens is 622 g/mol. The Labute approximate surface area is 345 Å². The Morgan fingerprint density at radius 2 is 0.241 bits per heavy atom. The lowest BCUT2D eigenvalue weighted by molar-refractivity contribution is 1.83. The molecule has 0 bridgehead atoms. The summed E-state index contributed by atoms with van der Waals surface area (Å²) in [6.45, 7) is 0. The molecule has 0 nitrogen and oxygen atoms in total. The van der Waals surface area contributed by atoms with Crippen molar-refractivity contribution in [1.29, 1.82) is 0 Å². The molecule has 22 heteroatoms. The first-order valence-electron chi connectivity index (χ1n) is 20.2. The molecule has 0 aromatic heterocycles. The summed E-state index contributed by atoms with van der Waals surface area (Å²) >= 11 is 0. The molecular formula is C32H44B22. The smallest absolute Gasteiger partial charge is 0.102 e. The normalized spacial score (nSPS) is 11.5. The van der Waals surface area contributed by atoms with Gasteiger partial charge < -0.3 is 0 Å². The molecule has 0 unspecified atom stereocenters. The molecule has 0 saturated carbocycles. The minimum absolute atomic E-state index is 1.40. The molecule has 0 N–H and O–H groups in total. The summed E-state index contributed by atoms with van der Waals surface area (Å²) in [6, 6.07) is 0. The Morgan fingerprint density at radius 3 is 0.500 bits per heavy atom. The second-order valence-corrected chi connectivity index (χ2v) is 17.5. The molecule has 0 spiro atoms. The van der Waals surface area contributed by atoms with Crippen molar-refractivity contribution in [1.82, 2.24) is 0 Å². The van der Waals surface area contributed by atoms with Gasteiger partial charge in [-0.2, -0.15) is 0 Å². The largest absolute Gasteiger partial charge is 0.140 e. The van der Waals surface area contributed by atoms with Crippen molar-refractivity contribution in [2.75, 3.05) is 0 Å². The molecule has 6 rings (SSSR count). The van der Waals surface area contributed by atoms with Crippen LogP contribution >= 0.6 is 0 Å². The highest BCUT2D eigenvalue weighted by atomic mass is 14.3. The fourth-order valence-electron chi connectivity index (χ4n) is 10.5. The van der Waals surface area contributed by atoms with Gasteiger partial charge in [0.25, 0.3) is 0 Å². The van der Waals surface area contributed by atoms with Gasteiger partial charge in [-0.15, -0.1) is 60.1 Å². The number of hydrogen-bond donors (Lipinski definition) is 0. The van der Waals surface area contributed by atoms with E-state index in [1.165, 1.54) is 175 Å². The van der Waals surface area contributed by atoms with E-state index in [1.54, 1.807) is 0 Å². The van der Waals surface area contributed by atoms with Gasteiger partial charge in [-0.1, -0.05) is 60.1 Å². The van der Waals surface area contributed by atoms with Crippen LogP contribution in [0.1, 0.15) is 0 Å². The minimum Gasteiger partial charge on any atom is -0.102 e. The van der Waals surface area contributed by atoms with E-state index in [-0.39, 0.29) is 0 Å². The van der Waals surface area contributed by atoms with E-state index >= 15 is 0 Å². The summed E-state index contributed by atoms with van der Waals surface area (Å²) in [7, 11) is 52.0. The predicted molar refractivity (Wildman–Crippen MR) is 318 cm³/mol. The van der Waals surface area contributed by atoms with Crippen molar-refractivity contribution in [3.05, 3.63) is 0 Å². The Bertz CT molecular complexity index is 2650. The van der Waals surface area contributed by atoms with Crippen LogP contribution in [0.25, 0.3) is 54.9 Å². The average Bonchev–Trinajstić information content (AvgIpc) is 3.14. The van der Waals surface area contributed by atoms with Crippen LogP contribution in [-0.4, -0.2) is 173 Å². The van der Waals surface area contributed by atoms with Crippen molar-refractivity contribution in [2.45, 2.75) is 0 Å². The fraction of sp³-hybridized carbons (Fsp3) is 0. The Hall–Kier alpha value is -2.73. The molecule has 0 aliphatic heterocycles. The summed E-state index contributed by atoms with van der Waals surface area (Å²) in [6.07, 6.45) is 0. The van der Waals surface area contributed by atoms with E-state index in [0.717, 1.165) is 0 Å². The maximum Gasteiger partial charge on any atom is 0.140 e. The van der Waals surface area contributed by atoms with Gasteiger partial charge in [-0.25, -0.2) is 0 Å². The van der Waals surface area contributed by atoms with Crippen LogP contribution in [0.2, 0.25) is 0 Å². The van der Waals surface area contributed by atoms with Gasteiger partial charge >= 0.3 is 0 Å². The number of rotatable bonds is 3. The van der Waals surface area contributed by atoms with Crippen LogP contribution in [0.5, 0.6) is 0 Å². The maximum atomic E-state index is 2.46. The van der Waals surface area contributed by atoms with Crippen molar-refractivity contribution in [2.24, 2.45) is 0 Å². The summed E-state index contributed by atoms with van der Waals surface area (Å²) in [5, 5.41) is 5.73. The van der Waals surface area contributed by atoms with Crippen molar-refractivity contribution in [3.8, 4) is 33.4 Å². The van der Waals surface area contributed by atoms with Crippen LogP contribution in [0, 0.1) is 0 Å². The third-order valence-electron chi connectivity index (χ3n) is 15.8. The lowest BCUT2D eigenvalue weighted by atomic mass is 9.54. The molecule has 0 fully saturated rings. The predicted octanol–water partition coefficient (Wildman–Crippen LogP) is -29.3. The van der Waals surface area contributed by atoms with Crippen LogP contribution in [-0.2, 0) is 0 Å². The van der Waals surface area contributed by atoms with E-state index in [0.29, 0.717) is 0 Å². The summed E-state index contributed by atoms with van der Waals surface area (Å²) < 4.78 is 0. The highest BCUT2D eigenvalue weighted by molar-refractivity contribution is 6.75. The second kappa shape index (κ2) is 14.0. The third kappa shape index (κ3) is 5.44. The highest BCUT2D eigenvalue weighted by Crippen LogP contribution is 2.39. The van der Waals surface area contributed by atoms with E-state index in [4.69, 9.17) is 0 Å². The molecule has 6 aromatic rings. The van der Waals surface area contributed by atoms with Gasteiger partial charge in [0.15, 0.2) is 0 Å². The average molecular weight is 667 g/mol. The molecule has 0 atom stereocenters. The second-order valence-electron chi connectivity index (χ2n) is 17.5. The van der Waals surface area contributed by atoms with Gasteiger partial charge in [-0.3, -0.25) is 0 Å². The first-order valence-corrected chi connectivity index (χ1v) is 20.2. The Kier molecular flexibility index (Phi) is 10.6. The molecule has 0 aliphatic rings. The number of benzene rings is 6. The molecule has 0 radical (unpaired) electrons. The van der Waals surface area contributed by atoms with E-state index in [9.17, 15) is 0 Å². The van der Waals surface area contributed by atoms with Crippen molar-refractivity contribution in [3.63, 3.8) is 0 Å². The first kappa shape index (κ1) is 40.9. The summed E-state index contributed by atoms with van der Waals surface area (Å²) in [5.41, 5.74) is 39.6. The van der Waals surface area contributed by atoms with E-state index in [2.05, 4.69) is 173 Å². The zero-order valence-corrected chi connectivity index (χ0v) is 38.0. The van der Waals surface area contributed by atoms with E-state index in [1.807, 2.05) is 0 Å². The first-order chi connectivity index (χ1) is 25.0. The zero-order valence-electron chi connectivity index (χ0n) is 38.0. The van der Waals surface area contributed by atoms with Gasteiger partial charge in [0.1, 0.15) is 173 Å². The lowest BCUT2D eigenvalue weighted by Gasteiger charge is -2.33. The van der Waals surface area contributed by atoms with Gasteiger partial charge in [0.2, 0.25) is 0 Å². The monoisotopic (exact) mass is 671 g/mol. The van der Waals surface area contributed by atoms with Crippen LogP contribution < -0.4 is 120 Å². The molecule has 238 valence electrons. The van der Waals surface area contributed by atoms with Gasteiger partial charge in [0.05, 0.1) is 0 Å². The maximum absolute atomic E-state index is 2.46. The van der Waals surface area contributed by atoms with E-state index < -0.39 is 0 Å². The quantitative estimate of drug-likeness (QED) is 0.130. The third-order valence-corrected chi connectivity index (χ3v) is 15.8. The summed E-state index contributed by atoms with van der Waals surface area (Å²) in [5.74, 6) is 0. The Balaban J connectivity index is 2.15. The summed E-state index contributed by atoms with van der Waals surface area (Å²) in [4.78, 5) is 0. The van der Waals surface area contributed by atoms with Crippen molar-refractivity contribution < 1.29 is 0 Å². The van der Waals surface area contributed by atoms with Crippen LogP contribution in [0.3, 0.4) is 0 Å². The zero-order chi connectivity index (χ0) is 40.5. The fourth-order valence-corrected chi connectivity index (χ4v) is 10.5. The molecule has 0 amide bonds. The molecule has 54 heavy (non-hydrogen) atoms. The lowest BCUT2D eigenvalue weighted by Crippen LogP contribution is -2.56. The SMILES string of the molecule is Bc1c(B)c(B)c(-c2c(B)c(B)c3c(-c4c(B)c(B)c(B)c(B)c4B)c4c(B)c(B)c(B)c(B)c4c(-c4c(B)c(B)c(B)c(B)c4B)c3c2B)c(B)c1B. The van der Waals surface area contributed by atoms with Crippen molar-refractivity contribution >= 4 is 314 Å². The molecule has 0 saturated heterocycles. The number of fused-ring (bicyclic) bond motifs is 2. The highest BCUT2D eigenvalue weighted by Gasteiger charge is 2.30. The van der Waals surface area contributed by atoms with Crippen LogP contribution in [0.15, 0.2) is 0 Å². The molecule has 0 aliphatic carbocycles. The van der Waals surface area contributed by atoms with Gasteiger partial charge in [-0.05, 0) is 54.9 Å². The minimum atomic E-state index is 1.40. The van der Waals surface area contributed by atoms with Crippen LogP contribution in [0.4, 0.5) is 0 Å². The Morgan fingerprint density at radius 1 is 0.111 bits per heavy atom. The van der Waals surface area contributed by atoms with Gasteiger partial charge in [0, 0.05) is 0 Å². The molecule has 6 aromatic carbocycles. The standard InChI is InChI=1S/C32H44B22/c33-11-3-1(7-16(38)24(46)30(52)25(47)17(7)39)5-6(14(36)23(45)22(44)13(5)35)2(8-18(40)26(48)31(53)27(49)19(8)41)4(3)12(34)15(37)9(11)10-20(42)28(50)32(54)29(51)21(10)43/h33-54H2. The number of hydrogen-bond acceptors (Lipinski definition) is 0.